The fraction of sp³-hybridized carbons (Fsp3) is 0.0769. The smallest absolute Gasteiger partial charge is 0.206 e. The van der Waals surface area contributed by atoms with Gasteiger partial charge in [-0.2, -0.15) is 0 Å². The van der Waals surface area contributed by atoms with Crippen molar-refractivity contribution in [2.45, 2.75) is 16.3 Å². The first-order valence-corrected chi connectivity index (χ1v) is 6.82. The SMILES string of the molecule is Cl.NCc1ccc(S(=O)(=O)c2ccc(F)cc2)cc1. The number of nitrogens with two attached hydrogens (primary N) is 1. The van der Waals surface area contributed by atoms with Crippen LogP contribution in [0.3, 0.4) is 0 Å². The summed E-state index contributed by atoms with van der Waals surface area (Å²) in [6, 6.07) is 11.1. The van der Waals surface area contributed by atoms with Gasteiger partial charge in [0.1, 0.15) is 5.82 Å². The molecule has 6 heteroatoms. The molecule has 2 aromatic carbocycles. The van der Waals surface area contributed by atoms with Crippen LogP contribution in [0.2, 0.25) is 0 Å². The number of halogens is 2. The molecule has 2 rings (SSSR count). The topological polar surface area (TPSA) is 60.2 Å². The van der Waals surface area contributed by atoms with Crippen LogP contribution in [0.5, 0.6) is 0 Å². The Morgan fingerprint density at radius 2 is 1.32 bits per heavy atom. The van der Waals surface area contributed by atoms with Crippen LogP contribution in [0.4, 0.5) is 4.39 Å². The second-order valence-electron chi connectivity index (χ2n) is 3.81. The molecule has 0 saturated carbocycles. The molecule has 0 aliphatic heterocycles. The molecule has 102 valence electrons. The van der Waals surface area contributed by atoms with E-state index in [2.05, 4.69) is 0 Å². The van der Waals surface area contributed by atoms with E-state index < -0.39 is 15.7 Å². The van der Waals surface area contributed by atoms with Gasteiger partial charge in [-0.1, -0.05) is 12.1 Å². The molecule has 0 radical (unpaired) electrons. The Balaban J connectivity index is 0.00000180. The Labute approximate surface area is 117 Å². The maximum Gasteiger partial charge on any atom is 0.206 e. The predicted octanol–water partition coefficient (Wildman–Crippen LogP) is 2.54. The van der Waals surface area contributed by atoms with Gasteiger partial charge in [-0.25, -0.2) is 12.8 Å². The summed E-state index contributed by atoms with van der Waals surface area (Å²) in [5, 5.41) is 0. The van der Waals surface area contributed by atoms with E-state index in [1.165, 1.54) is 24.3 Å². The molecular formula is C13H13ClFNO2S. The van der Waals surface area contributed by atoms with Gasteiger partial charge in [0.05, 0.1) is 9.79 Å². The summed E-state index contributed by atoms with van der Waals surface area (Å²) in [7, 11) is -3.59. The maximum atomic E-state index is 12.8. The molecule has 2 N–H and O–H groups in total. The first kappa shape index (κ1) is 15.6. The lowest BCUT2D eigenvalue weighted by molar-refractivity contribution is 0.594. The minimum absolute atomic E-state index is 0. The molecular weight excluding hydrogens is 289 g/mol. The van der Waals surface area contributed by atoms with Gasteiger partial charge in [-0.15, -0.1) is 12.4 Å². The zero-order valence-corrected chi connectivity index (χ0v) is 11.5. The number of sulfone groups is 1. The largest absolute Gasteiger partial charge is 0.326 e. The number of hydrogen-bond acceptors (Lipinski definition) is 3. The molecule has 2 aromatic rings. The van der Waals surface area contributed by atoms with Crippen molar-refractivity contribution in [3.05, 3.63) is 59.9 Å². The van der Waals surface area contributed by atoms with Crippen LogP contribution >= 0.6 is 12.4 Å². The molecule has 0 aliphatic carbocycles. The van der Waals surface area contributed by atoms with E-state index in [1.54, 1.807) is 12.1 Å². The Bertz CT molecular complexity index is 639. The van der Waals surface area contributed by atoms with Crippen molar-refractivity contribution in [3.63, 3.8) is 0 Å². The summed E-state index contributed by atoms with van der Waals surface area (Å²) >= 11 is 0. The standard InChI is InChI=1S/C13H12FNO2S.ClH/c14-11-3-7-13(8-4-11)18(16,17)12-5-1-10(9-15)2-6-12;/h1-8H,9,15H2;1H. The summed E-state index contributed by atoms with van der Waals surface area (Å²) in [6.45, 7) is 0.358. The molecule has 0 heterocycles. The fourth-order valence-corrected chi connectivity index (χ4v) is 2.82. The van der Waals surface area contributed by atoms with Crippen molar-refractivity contribution in [2.75, 3.05) is 0 Å². The summed E-state index contributed by atoms with van der Waals surface area (Å²) in [5.74, 6) is -0.465. The molecule has 0 amide bonds. The third-order valence-corrected chi connectivity index (χ3v) is 4.38. The minimum atomic E-state index is -3.59. The monoisotopic (exact) mass is 301 g/mol. The second kappa shape index (κ2) is 6.14. The van der Waals surface area contributed by atoms with Gasteiger partial charge in [0.2, 0.25) is 9.84 Å². The lowest BCUT2D eigenvalue weighted by Crippen LogP contribution is -2.03. The van der Waals surface area contributed by atoms with E-state index in [4.69, 9.17) is 5.73 Å². The van der Waals surface area contributed by atoms with Crippen molar-refractivity contribution >= 4 is 22.2 Å². The molecule has 0 spiro atoms. The second-order valence-corrected chi connectivity index (χ2v) is 5.76. The Hall–Kier alpha value is -1.43. The van der Waals surface area contributed by atoms with Gasteiger partial charge in [0.25, 0.3) is 0 Å². The molecule has 0 atom stereocenters. The van der Waals surface area contributed by atoms with Crippen LogP contribution in [0.25, 0.3) is 0 Å². The average molecular weight is 302 g/mol. The third kappa shape index (κ3) is 3.32. The fourth-order valence-electron chi connectivity index (χ4n) is 1.55. The molecule has 3 nitrogen and oxygen atoms in total. The van der Waals surface area contributed by atoms with Crippen molar-refractivity contribution < 1.29 is 12.8 Å². The van der Waals surface area contributed by atoms with Crippen LogP contribution in [0.15, 0.2) is 58.3 Å². The predicted molar refractivity (Wildman–Crippen MR) is 73.4 cm³/mol. The zero-order valence-electron chi connectivity index (χ0n) is 9.91. The van der Waals surface area contributed by atoms with Crippen molar-refractivity contribution in [1.82, 2.24) is 0 Å². The van der Waals surface area contributed by atoms with Gasteiger partial charge in [-0.05, 0) is 42.0 Å². The Morgan fingerprint density at radius 3 is 1.74 bits per heavy atom. The summed E-state index contributed by atoms with van der Waals surface area (Å²) in [6.07, 6.45) is 0. The molecule has 19 heavy (non-hydrogen) atoms. The molecule has 0 aromatic heterocycles. The normalized spacial score (nSPS) is 10.8. The average Bonchev–Trinajstić information content (AvgIpc) is 2.39. The molecule has 0 fully saturated rings. The van der Waals surface area contributed by atoms with Crippen LogP contribution in [0, 0.1) is 5.82 Å². The summed E-state index contributed by atoms with van der Waals surface area (Å²) in [5.41, 5.74) is 6.30. The first-order valence-electron chi connectivity index (χ1n) is 5.34. The van der Waals surface area contributed by atoms with E-state index in [0.29, 0.717) is 6.54 Å². The van der Waals surface area contributed by atoms with E-state index in [0.717, 1.165) is 17.7 Å². The van der Waals surface area contributed by atoms with Crippen LogP contribution in [-0.2, 0) is 16.4 Å². The summed E-state index contributed by atoms with van der Waals surface area (Å²) < 4.78 is 37.1. The Morgan fingerprint density at radius 1 is 0.895 bits per heavy atom. The highest BCUT2D eigenvalue weighted by molar-refractivity contribution is 7.91. The van der Waals surface area contributed by atoms with E-state index >= 15 is 0 Å². The van der Waals surface area contributed by atoms with E-state index in [1.807, 2.05) is 0 Å². The Kier molecular flexibility index (Phi) is 5.05. The van der Waals surface area contributed by atoms with Gasteiger partial charge in [0.15, 0.2) is 0 Å². The van der Waals surface area contributed by atoms with Gasteiger partial charge < -0.3 is 5.73 Å². The maximum absolute atomic E-state index is 12.8. The number of hydrogen-bond donors (Lipinski definition) is 1. The van der Waals surface area contributed by atoms with Crippen molar-refractivity contribution in [3.8, 4) is 0 Å². The van der Waals surface area contributed by atoms with Crippen molar-refractivity contribution in [2.24, 2.45) is 5.73 Å². The van der Waals surface area contributed by atoms with Crippen LogP contribution < -0.4 is 5.73 Å². The highest BCUT2D eigenvalue weighted by atomic mass is 35.5. The van der Waals surface area contributed by atoms with Crippen molar-refractivity contribution in [1.29, 1.82) is 0 Å². The van der Waals surface area contributed by atoms with Crippen LogP contribution in [-0.4, -0.2) is 8.42 Å². The molecule has 0 bridgehead atoms. The van der Waals surface area contributed by atoms with Gasteiger partial charge in [0, 0.05) is 6.54 Å². The van der Waals surface area contributed by atoms with E-state index in [-0.39, 0.29) is 22.2 Å². The highest BCUT2D eigenvalue weighted by Crippen LogP contribution is 2.21. The zero-order chi connectivity index (χ0) is 13.2. The lowest BCUT2D eigenvalue weighted by atomic mass is 10.2. The highest BCUT2D eigenvalue weighted by Gasteiger charge is 2.17. The number of rotatable bonds is 3. The molecule has 0 saturated heterocycles. The molecule has 0 unspecified atom stereocenters. The van der Waals surface area contributed by atoms with Gasteiger partial charge >= 0.3 is 0 Å². The minimum Gasteiger partial charge on any atom is -0.326 e. The first-order chi connectivity index (χ1) is 8.54. The third-order valence-electron chi connectivity index (χ3n) is 2.59. The quantitative estimate of drug-likeness (QED) is 0.886. The summed E-state index contributed by atoms with van der Waals surface area (Å²) in [4.78, 5) is 0.246. The van der Waals surface area contributed by atoms with E-state index in [9.17, 15) is 12.8 Å². The number of benzene rings is 2. The lowest BCUT2D eigenvalue weighted by Gasteiger charge is -2.05. The van der Waals surface area contributed by atoms with Crippen LogP contribution in [0.1, 0.15) is 5.56 Å². The molecule has 0 aliphatic rings. The van der Waals surface area contributed by atoms with Gasteiger partial charge in [-0.3, -0.25) is 0 Å².